The molecule has 4 nitrogen and oxygen atoms in total. The summed E-state index contributed by atoms with van der Waals surface area (Å²) >= 11 is 0. The van der Waals surface area contributed by atoms with Gasteiger partial charge in [-0.1, -0.05) is 0 Å². The van der Waals surface area contributed by atoms with Gasteiger partial charge in [-0.25, -0.2) is 4.98 Å². The fourth-order valence-electron chi connectivity index (χ4n) is 2.40. The fraction of sp³-hybridized carbons (Fsp3) is 0.615. The average molecular weight is 235 g/mol. The summed E-state index contributed by atoms with van der Waals surface area (Å²) in [5.41, 5.74) is 1.10. The number of hydrogen-bond acceptors (Lipinski definition) is 4. The highest BCUT2D eigenvalue weighted by molar-refractivity contribution is 5.54. The number of anilines is 2. The van der Waals surface area contributed by atoms with Gasteiger partial charge in [-0.05, 0) is 26.8 Å². The van der Waals surface area contributed by atoms with E-state index in [1.807, 2.05) is 13.2 Å². The molecule has 1 aliphatic rings. The Morgan fingerprint density at radius 3 is 2.94 bits per heavy atom. The molecular formula is C13H21N3O. The number of nitrogens with one attached hydrogen (secondary N) is 1. The van der Waals surface area contributed by atoms with Crippen LogP contribution in [0.5, 0.6) is 0 Å². The van der Waals surface area contributed by atoms with Gasteiger partial charge in [0.15, 0.2) is 0 Å². The first-order chi connectivity index (χ1) is 8.00. The molecule has 1 unspecified atom stereocenters. The molecule has 1 aliphatic heterocycles. The summed E-state index contributed by atoms with van der Waals surface area (Å²) in [7, 11) is 1.89. The van der Waals surface area contributed by atoms with Gasteiger partial charge in [0.2, 0.25) is 0 Å². The zero-order valence-corrected chi connectivity index (χ0v) is 11.0. The Kier molecular flexibility index (Phi) is 3.24. The van der Waals surface area contributed by atoms with Gasteiger partial charge in [0.25, 0.3) is 0 Å². The molecule has 0 aromatic carbocycles. The monoisotopic (exact) mass is 235 g/mol. The molecule has 17 heavy (non-hydrogen) atoms. The molecule has 2 heterocycles. The van der Waals surface area contributed by atoms with Crippen LogP contribution in [0.25, 0.3) is 0 Å². The average Bonchev–Trinajstić information content (AvgIpc) is 2.26. The lowest BCUT2D eigenvalue weighted by Crippen LogP contribution is -2.52. The Labute approximate surface area is 103 Å². The second-order valence-electron chi connectivity index (χ2n) is 5.22. The zero-order valence-electron chi connectivity index (χ0n) is 11.0. The molecule has 0 bridgehead atoms. The fourth-order valence-corrected chi connectivity index (χ4v) is 2.40. The van der Waals surface area contributed by atoms with E-state index in [1.165, 1.54) is 5.69 Å². The van der Waals surface area contributed by atoms with Gasteiger partial charge in [-0.3, -0.25) is 0 Å². The Morgan fingerprint density at radius 1 is 1.53 bits per heavy atom. The molecule has 1 N–H and O–H groups in total. The van der Waals surface area contributed by atoms with Crippen LogP contribution >= 0.6 is 0 Å². The van der Waals surface area contributed by atoms with Crippen LogP contribution in [0.2, 0.25) is 0 Å². The molecule has 1 aromatic rings. The molecule has 1 saturated heterocycles. The SMILES string of the molecule is CNc1cc(N2CC(C)OC(C)(C)C2)ccn1. The van der Waals surface area contributed by atoms with Crippen molar-refractivity contribution in [1.82, 2.24) is 4.98 Å². The lowest BCUT2D eigenvalue weighted by molar-refractivity contribution is -0.0749. The number of pyridine rings is 1. The summed E-state index contributed by atoms with van der Waals surface area (Å²) in [5, 5.41) is 3.07. The van der Waals surface area contributed by atoms with Crippen LogP contribution in [0, 0.1) is 0 Å². The summed E-state index contributed by atoms with van der Waals surface area (Å²) in [4.78, 5) is 6.60. The third-order valence-corrected chi connectivity index (χ3v) is 2.93. The van der Waals surface area contributed by atoms with Crippen LogP contribution < -0.4 is 10.2 Å². The van der Waals surface area contributed by atoms with E-state index in [0.29, 0.717) is 0 Å². The number of ether oxygens (including phenoxy) is 1. The summed E-state index contributed by atoms with van der Waals surface area (Å²) in [6, 6.07) is 4.13. The van der Waals surface area contributed by atoms with Crippen molar-refractivity contribution in [2.45, 2.75) is 32.5 Å². The Balaban J connectivity index is 2.20. The van der Waals surface area contributed by atoms with Crippen molar-refractivity contribution in [3.8, 4) is 0 Å². The zero-order chi connectivity index (χ0) is 12.5. The minimum Gasteiger partial charge on any atom is -0.373 e. The predicted molar refractivity (Wildman–Crippen MR) is 70.6 cm³/mol. The summed E-state index contributed by atoms with van der Waals surface area (Å²) < 4.78 is 5.91. The van der Waals surface area contributed by atoms with E-state index in [1.54, 1.807) is 0 Å². The predicted octanol–water partition coefficient (Wildman–Crippen LogP) is 2.13. The Bertz CT molecular complexity index is 392. The standard InChI is InChI=1S/C13H21N3O/c1-10-8-16(9-13(2,3)17-10)11-5-6-15-12(7-11)14-4/h5-7,10H,8-9H2,1-4H3,(H,14,15). The molecule has 1 aromatic heterocycles. The molecule has 94 valence electrons. The van der Waals surface area contributed by atoms with E-state index in [4.69, 9.17) is 4.74 Å². The molecule has 0 amide bonds. The van der Waals surface area contributed by atoms with Crippen LogP contribution in [0.1, 0.15) is 20.8 Å². The molecule has 0 spiro atoms. The first-order valence-corrected chi connectivity index (χ1v) is 6.07. The summed E-state index contributed by atoms with van der Waals surface area (Å²) in [6.45, 7) is 8.22. The van der Waals surface area contributed by atoms with Gasteiger partial charge < -0.3 is 15.0 Å². The third-order valence-electron chi connectivity index (χ3n) is 2.93. The van der Waals surface area contributed by atoms with Gasteiger partial charge in [0.05, 0.1) is 11.7 Å². The van der Waals surface area contributed by atoms with Crippen LogP contribution in [0.3, 0.4) is 0 Å². The second-order valence-corrected chi connectivity index (χ2v) is 5.22. The van der Waals surface area contributed by atoms with Crippen molar-refractivity contribution in [3.63, 3.8) is 0 Å². The Hall–Kier alpha value is -1.29. The molecule has 0 aliphatic carbocycles. The molecule has 0 radical (unpaired) electrons. The quantitative estimate of drug-likeness (QED) is 0.852. The maximum Gasteiger partial charge on any atom is 0.127 e. The van der Waals surface area contributed by atoms with Gasteiger partial charge in [0.1, 0.15) is 5.82 Å². The lowest BCUT2D eigenvalue weighted by atomic mass is 10.1. The molecule has 2 rings (SSSR count). The van der Waals surface area contributed by atoms with Crippen molar-refractivity contribution in [2.24, 2.45) is 0 Å². The van der Waals surface area contributed by atoms with Crippen LogP contribution in [0.4, 0.5) is 11.5 Å². The minimum atomic E-state index is -0.0965. The maximum absolute atomic E-state index is 5.91. The topological polar surface area (TPSA) is 37.4 Å². The van der Waals surface area contributed by atoms with Gasteiger partial charge in [-0.2, -0.15) is 0 Å². The third kappa shape index (κ3) is 2.88. The van der Waals surface area contributed by atoms with Crippen molar-refractivity contribution >= 4 is 11.5 Å². The molecule has 1 atom stereocenters. The minimum absolute atomic E-state index is 0.0965. The van der Waals surface area contributed by atoms with Gasteiger partial charge in [-0.15, -0.1) is 0 Å². The first kappa shape index (κ1) is 12.2. The number of aromatic nitrogens is 1. The smallest absolute Gasteiger partial charge is 0.127 e. The summed E-state index contributed by atoms with van der Waals surface area (Å²) in [6.07, 6.45) is 2.10. The van der Waals surface area contributed by atoms with Gasteiger partial charge >= 0.3 is 0 Å². The molecule has 4 heteroatoms. The molecular weight excluding hydrogens is 214 g/mol. The Morgan fingerprint density at radius 2 is 2.29 bits per heavy atom. The highest BCUT2D eigenvalue weighted by Gasteiger charge is 2.31. The van der Waals surface area contributed by atoms with Crippen LogP contribution in [0.15, 0.2) is 18.3 Å². The largest absolute Gasteiger partial charge is 0.373 e. The van der Waals surface area contributed by atoms with Crippen molar-refractivity contribution in [3.05, 3.63) is 18.3 Å². The highest BCUT2D eigenvalue weighted by Crippen LogP contribution is 2.26. The van der Waals surface area contributed by atoms with Gasteiger partial charge in [0, 0.05) is 38.1 Å². The van der Waals surface area contributed by atoms with E-state index < -0.39 is 0 Å². The summed E-state index contributed by atoms with van der Waals surface area (Å²) in [5.74, 6) is 0.902. The lowest BCUT2D eigenvalue weighted by Gasteiger charge is -2.42. The van der Waals surface area contributed by atoms with E-state index >= 15 is 0 Å². The highest BCUT2D eigenvalue weighted by atomic mass is 16.5. The first-order valence-electron chi connectivity index (χ1n) is 6.07. The van der Waals surface area contributed by atoms with Crippen LogP contribution in [-0.2, 0) is 4.74 Å². The molecule has 1 fully saturated rings. The van der Waals surface area contributed by atoms with Crippen LogP contribution in [-0.4, -0.2) is 36.8 Å². The van der Waals surface area contributed by atoms with Crippen molar-refractivity contribution < 1.29 is 4.74 Å². The number of morpholine rings is 1. The van der Waals surface area contributed by atoms with Crippen molar-refractivity contribution in [2.75, 3.05) is 30.4 Å². The van der Waals surface area contributed by atoms with E-state index in [0.717, 1.165) is 18.9 Å². The van der Waals surface area contributed by atoms with E-state index in [2.05, 4.69) is 48.1 Å². The number of hydrogen-bond donors (Lipinski definition) is 1. The maximum atomic E-state index is 5.91. The van der Waals surface area contributed by atoms with Crippen molar-refractivity contribution in [1.29, 1.82) is 0 Å². The van der Waals surface area contributed by atoms with E-state index in [-0.39, 0.29) is 11.7 Å². The molecule has 0 saturated carbocycles. The number of nitrogens with zero attached hydrogens (tertiary/aromatic N) is 2. The van der Waals surface area contributed by atoms with E-state index in [9.17, 15) is 0 Å². The normalized spacial score (nSPS) is 23.5. The second kappa shape index (κ2) is 4.53. The number of rotatable bonds is 2.